The highest BCUT2D eigenvalue weighted by atomic mass is 79.9. The van der Waals surface area contributed by atoms with Crippen LogP contribution in [0.5, 0.6) is 0 Å². The third kappa shape index (κ3) is 3.47. The third-order valence-corrected chi connectivity index (χ3v) is 6.53. The van der Waals surface area contributed by atoms with Crippen molar-refractivity contribution in [1.29, 1.82) is 0 Å². The van der Waals surface area contributed by atoms with Crippen molar-refractivity contribution in [3.8, 4) is 0 Å². The zero-order chi connectivity index (χ0) is 14.0. The lowest BCUT2D eigenvalue weighted by molar-refractivity contribution is 0.253. The van der Waals surface area contributed by atoms with E-state index in [4.69, 9.17) is 0 Å². The van der Waals surface area contributed by atoms with E-state index in [9.17, 15) is 4.21 Å². The minimum Gasteiger partial charge on any atom is -0.316 e. The van der Waals surface area contributed by atoms with E-state index < -0.39 is 10.8 Å². The monoisotopic (exact) mass is 343 g/mol. The molecule has 1 aliphatic rings. The molecule has 106 valence electrons. The normalized spacial score (nSPS) is 33.1. The van der Waals surface area contributed by atoms with Gasteiger partial charge in [0, 0.05) is 15.4 Å². The lowest BCUT2D eigenvalue weighted by Gasteiger charge is -2.38. The summed E-state index contributed by atoms with van der Waals surface area (Å²) in [6.45, 7) is 4.53. The minimum absolute atomic E-state index is 0.204. The van der Waals surface area contributed by atoms with Crippen LogP contribution in [-0.4, -0.2) is 22.5 Å². The second kappa shape index (κ2) is 6.51. The van der Waals surface area contributed by atoms with Crippen molar-refractivity contribution >= 4 is 26.7 Å². The first-order chi connectivity index (χ1) is 9.02. The van der Waals surface area contributed by atoms with Crippen LogP contribution in [0.1, 0.15) is 26.7 Å². The van der Waals surface area contributed by atoms with Crippen LogP contribution in [0.2, 0.25) is 0 Å². The van der Waals surface area contributed by atoms with E-state index in [1.807, 2.05) is 31.3 Å². The molecule has 1 aliphatic carbocycles. The molecule has 5 atom stereocenters. The Morgan fingerprint density at radius 2 is 2.05 bits per heavy atom. The molecule has 0 aromatic heterocycles. The molecule has 2 rings (SSSR count). The molecule has 0 radical (unpaired) electrons. The predicted octanol–water partition coefficient (Wildman–Crippen LogP) is 3.58. The van der Waals surface area contributed by atoms with Crippen LogP contribution in [0.4, 0.5) is 0 Å². The van der Waals surface area contributed by atoms with Crippen molar-refractivity contribution in [2.24, 2.45) is 11.8 Å². The largest absolute Gasteiger partial charge is 0.316 e. The van der Waals surface area contributed by atoms with Gasteiger partial charge in [-0.05, 0) is 49.9 Å². The number of rotatable bonds is 3. The highest BCUT2D eigenvalue weighted by Gasteiger charge is 2.37. The van der Waals surface area contributed by atoms with Crippen molar-refractivity contribution in [2.45, 2.75) is 42.9 Å². The van der Waals surface area contributed by atoms with Crippen molar-refractivity contribution in [3.05, 3.63) is 28.7 Å². The molecular formula is C15H22BrNOS. The Balaban J connectivity index is 2.25. The Hall–Kier alpha value is -0.190. The Labute approximate surface area is 127 Å². The molecule has 1 N–H and O–H groups in total. The Bertz CT molecular complexity index is 465. The Kier molecular flexibility index (Phi) is 5.21. The minimum atomic E-state index is -0.948. The topological polar surface area (TPSA) is 29.1 Å². The molecule has 1 saturated carbocycles. The molecule has 1 aromatic carbocycles. The molecule has 0 heterocycles. The maximum absolute atomic E-state index is 12.9. The second-order valence-corrected chi connectivity index (χ2v) is 8.19. The van der Waals surface area contributed by atoms with Crippen molar-refractivity contribution in [1.82, 2.24) is 5.32 Å². The molecular weight excluding hydrogens is 322 g/mol. The molecule has 5 unspecified atom stereocenters. The molecule has 0 amide bonds. The van der Waals surface area contributed by atoms with E-state index in [1.165, 1.54) is 6.42 Å². The summed E-state index contributed by atoms with van der Waals surface area (Å²) >= 11 is 3.46. The second-order valence-electron chi connectivity index (χ2n) is 5.67. The number of nitrogens with one attached hydrogen (secondary N) is 1. The highest BCUT2D eigenvalue weighted by Crippen LogP contribution is 2.34. The fourth-order valence-electron chi connectivity index (χ4n) is 3.22. The quantitative estimate of drug-likeness (QED) is 0.908. The molecule has 0 spiro atoms. The molecule has 1 fully saturated rings. The van der Waals surface area contributed by atoms with E-state index in [0.717, 1.165) is 15.8 Å². The fourth-order valence-corrected chi connectivity index (χ4v) is 5.62. The molecule has 0 aliphatic heterocycles. The van der Waals surface area contributed by atoms with Crippen molar-refractivity contribution in [2.75, 3.05) is 7.05 Å². The van der Waals surface area contributed by atoms with Crippen molar-refractivity contribution in [3.63, 3.8) is 0 Å². The van der Waals surface area contributed by atoms with Gasteiger partial charge in [0.1, 0.15) is 0 Å². The van der Waals surface area contributed by atoms with E-state index in [0.29, 0.717) is 17.9 Å². The SMILES string of the molecule is CNC1CC(C)CC(C)C1S(=O)c1cccc(Br)c1. The van der Waals surface area contributed by atoms with E-state index in [2.05, 4.69) is 35.1 Å². The molecule has 4 heteroatoms. The lowest BCUT2D eigenvalue weighted by Crippen LogP contribution is -2.48. The molecule has 0 bridgehead atoms. The van der Waals surface area contributed by atoms with E-state index in [1.54, 1.807) is 0 Å². The smallest absolute Gasteiger partial charge is 0.0579 e. The first kappa shape index (κ1) is 15.2. The standard InChI is InChI=1S/C15H22BrNOS/c1-10-7-11(2)15(14(8-10)17-3)19(18)13-6-4-5-12(16)9-13/h4-6,9-11,14-15,17H,7-8H2,1-3H3. The molecule has 2 nitrogen and oxygen atoms in total. The molecule has 19 heavy (non-hydrogen) atoms. The average Bonchev–Trinajstić information content (AvgIpc) is 2.37. The summed E-state index contributed by atoms with van der Waals surface area (Å²) < 4.78 is 13.9. The van der Waals surface area contributed by atoms with E-state index >= 15 is 0 Å². The first-order valence-electron chi connectivity index (χ1n) is 6.86. The van der Waals surface area contributed by atoms with Gasteiger partial charge in [-0.1, -0.05) is 35.8 Å². The Morgan fingerprint density at radius 1 is 1.32 bits per heavy atom. The maximum Gasteiger partial charge on any atom is 0.0579 e. The van der Waals surface area contributed by atoms with E-state index in [-0.39, 0.29) is 5.25 Å². The number of halogens is 1. The maximum atomic E-state index is 12.9. The van der Waals surface area contributed by atoms with Gasteiger partial charge in [-0.2, -0.15) is 0 Å². The zero-order valence-electron chi connectivity index (χ0n) is 11.7. The highest BCUT2D eigenvalue weighted by molar-refractivity contribution is 9.10. The average molecular weight is 344 g/mol. The predicted molar refractivity (Wildman–Crippen MR) is 84.7 cm³/mol. The Morgan fingerprint density at radius 3 is 2.68 bits per heavy atom. The van der Waals surface area contributed by atoms with Gasteiger partial charge in [-0.25, -0.2) is 0 Å². The van der Waals surface area contributed by atoms with Crippen LogP contribution in [0.3, 0.4) is 0 Å². The van der Waals surface area contributed by atoms with Crippen molar-refractivity contribution < 1.29 is 4.21 Å². The molecule has 1 aromatic rings. The van der Waals surface area contributed by atoms with Crippen LogP contribution in [0.15, 0.2) is 33.6 Å². The van der Waals surface area contributed by atoms with Crippen LogP contribution in [0, 0.1) is 11.8 Å². The first-order valence-corrected chi connectivity index (χ1v) is 8.87. The summed E-state index contributed by atoms with van der Waals surface area (Å²) in [5, 5.41) is 3.58. The van der Waals surface area contributed by atoms with Crippen LogP contribution < -0.4 is 5.32 Å². The zero-order valence-corrected chi connectivity index (χ0v) is 14.1. The van der Waals surface area contributed by atoms with Gasteiger partial charge in [-0.15, -0.1) is 0 Å². The van der Waals surface area contributed by atoms with Gasteiger partial charge < -0.3 is 5.32 Å². The number of hydrogen-bond donors (Lipinski definition) is 1. The van der Waals surface area contributed by atoms with Crippen LogP contribution in [-0.2, 0) is 10.8 Å². The number of hydrogen-bond acceptors (Lipinski definition) is 2. The summed E-state index contributed by atoms with van der Waals surface area (Å²) in [7, 11) is 1.04. The summed E-state index contributed by atoms with van der Waals surface area (Å²) in [4.78, 5) is 0.932. The molecule has 0 saturated heterocycles. The van der Waals surface area contributed by atoms with Gasteiger partial charge in [0.05, 0.1) is 16.0 Å². The van der Waals surface area contributed by atoms with Gasteiger partial charge in [0.25, 0.3) is 0 Å². The van der Waals surface area contributed by atoms with Gasteiger partial charge in [0.15, 0.2) is 0 Å². The summed E-state index contributed by atoms with van der Waals surface area (Å²) in [5.41, 5.74) is 0. The van der Waals surface area contributed by atoms with Gasteiger partial charge in [0.2, 0.25) is 0 Å². The van der Waals surface area contributed by atoms with Crippen LogP contribution >= 0.6 is 15.9 Å². The summed E-state index contributed by atoms with van der Waals surface area (Å²) in [6, 6.07) is 8.23. The van der Waals surface area contributed by atoms with Gasteiger partial charge in [-0.3, -0.25) is 4.21 Å². The third-order valence-electron chi connectivity index (χ3n) is 4.03. The summed E-state index contributed by atoms with van der Waals surface area (Å²) in [5.74, 6) is 1.20. The summed E-state index contributed by atoms with van der Waals surface area (Å²) in [6.07, 6.45) is 2.29. The fraction of sp³-hybridized carbons (Fsp3) is 0.600. The van der Waals surface area contributed by atoms with Gasteiger partial charge >= 0.3 is 0 Å². The lowest BCUT2D eigenvalue weighted by atomic mass is 9.80. The number of benzene rings is 1. The van der Waals surface area contributed by atoms with Crippen LogP contribution in [0.25, 0.3) is 0 Å².